The molecule has 11 heteroatoms. The first kappa shape index (κ1) is 34.8. The average molecular weight is 577 g/mol. The molecule has 0 aromatic heterocycles. The van der Waals surface area contributed by atoms with Gasteiger partial charge in [0.2, 0.25) is 0 Å². The predicted octanol–water partition coefficient (Wildman–Crippen LogP) is 5.39. The van der Waals surface area contributed by atoms with Crippen LogP contribution in [-0.2, 0) is 28.5 Å². The summed E-state index contributed by atoms with van der Waals surface area (Å²) in [6.07, 6.45) is 2.39. The second kappa shape index (κ2) is 15.5. The lowest BCUT2D eigenvalue weighted by Gasteiger charge is -2.39. The first-order valence-electron chi connectivity index (χ1n) is 13.9. The highest BCUT2D eigenvalue weighted by Gasteiger charge is 2.43. The fourth-order valence-corrected chi connectivity index (χ4v) is 4.71. The molecule has 39 heavy (non-hydrogen) atoms. The smallest absolute Gasteiger partial charge is 0.410 e. The second-order valence-electron chi connectivity index (χ2n) is 11.9. The molecule has 0 aliphatic carbocycles. The first-order valence-corrected chi connectivity index (χ1v) is 14.5. The largest absolute Gasteiger partial charge is 0.466 e. The molecule has 2 aliphatic heterocycles. The van der Waals surface area contributed by atoms with Gasteiger partial charge in [-0.1, -0.05) is 0 Å². The van der Waals surface area contributed by atoms with E-state index in [0.717, 1.165) is 0 Å². The van der Waals surface area contributed by atoms with E-state index in [2.05, 4.69) is 0 Å². The van der Waals surface area contributed by atoms with Gasteiger partial charge in [-0.05, 0) is 87.5 Å². The number of carbonyl (C=O) groups excluding carboxylic acids is 4. The topological polar surface area (TPSA) is 112 Å². The van der Waals surface area contributed by atoms with Gasteiger partial charge in [0, 0.05) is 32.1 Å². The molecule has 2 heterocycles. The third-order valence-electron chi connectivity index (χ3n) is 6.42. The molecule has 2 aliphatic rings. The van der Waals surface area contributed by atoms with Crippen LogP contribution < -0.4 is 0 Å². The summed E-state index contributed by atoms with van der Waals surface area (Å²) in [5.41, 5.74) is -1.55. The normalized spacial score (nSPS) is 17.9. The number of hydrogen-bond acceptors (Lipinski definition) is 8. The van der Waals surface area contributed by atoms with Gasteiger partial charge in [-0.2, -0.15) is 0 Å². The Hall–Kier alpha value is -2.23. The Bertz CT molecular complexity index is 805. The standard InChI is InChI=1S/C15H26ClNO4.C13H23NO4/c1-5-20-12(18)15(6-9-16)7-10-17(11-8-15)13(19)21-14(2,3)4;1-5-17-11(15)10-6-8-14(9-7-10)12(16)18-13(2,3)4/h5-11H2,1-4H3;10H,5-9H2,1-4H3. The number of alkyl halides is 1. The zero-order chi connectivity index (χ0) is 29.9. The zero-order valence-corrected chi connectivity index (χ0v) is 25.9. The van der Waals surface area contributed by atoms with E-state index in [1.807, 2.05) is 41.5 Å². The maximum absolute atomic E-state index is 12.2. The van der Waals surface area contributed by atoms with E-state index in [1.165, 1.54) is 0 Å². The van der Waals surface area contributed by atoms with E-state index < -0.39 is 16.6 Å². The molecule has 0 bridgehead atoms. The molecule has 2 rings (SSSR count). The van der Waals surface area contributed by atoms with Crippen LogP contribution >= 0.6 is 11.6 Å². The highest BCUT2D eigenvalue weighted by atomic mass is 35.5. The maximum atomic E-state index is 12.2. The van der Waals surface area contributed by atoms with Crippen molar-refractivity contribution >= 4 is 35.7 Å². The first-order chi connectivity index (χ1) is 18.1. The van der Waals surface area contributed by atoms with Crippen molar-refractivity contribution in [1.82, 2.24) is 9.80 Å². The van der Waals surface area contributed by atoms with Crippen LogP contribution in [0.25, 0.3) is 0 Å². The minimum Gasteiger partial charge on any atom is -0.466 e. The number of halogens is 1. The van der Waals surface area contributed by atoms with Gasteiger partial charge < -0.3 is 28.7 Å². The number of amides is 2. The number of nitrogens with zero attached hydrogens (tertiary/aromatic N) is 2. The SMILES string of the molecule is CCOC(=O)C1(CCCl)CCN(C(=O)OC(C)(C)C)CC1.CCOC(=O)C1CCN(C(=O)OC(C)(C)C)CC1. The molecule has 2 fully saturated rings. The molecule has 2 amide bonds. The summed E-state index contributed by atoms with van der Waals surface area (Å²) in [6.45, 7) is 17.5. The monoisotopic (exact) mass is 576 g/mol. The van der Waals surface area contributed by atoms with Gasteiger partial charge >= 0.3 is 24.1 Å². The van der Waals surface area contributed by atoms with E-state index in [1.54, 1.807) is 23.6 Å². The number of carbonyl (C=O) groups is 4. The second-order valence-corrected chi connectivity index (χ2v) is 12.3. The third kappa shape index (κ3) is 12.2. The molecule has 0 N–H and O–H groups in total. The Morgan fingerprint density at radius 2 is 1.21 bits per heavy atom. The van der Waals surface area contributed by atoms with Crippen LogP contribution in [-0.4, -0.2) is 90.4 Å². The number of rotatable bonds is 6. The Kier molecular flexibility index (Phi) is 13.9. The van der Waals surface area contributed by atoms with E-state index in [4.69, 9.17) is 30.5 Å². The lowest BCUT2D eigenvalue weighted by Crippen LogP contribution is -2.48. The number of likely N-dealkylation sites (tertiary alicyclic amines) is 2. The molecule has 2 saturated heterocycles. The van der Waals surface area contributed by atoms with E-state index in [9.17, 15) is 19.2 Å². The molecule has 0 saturated carbocycles. The number of piperidine rings is 2. The van der Waals surface area contributed by atoms with Crippen LogP contribution in [0, 0.1) is 11.3 Å². The van der Waals surface area contributed by atoms with Gasteiger partial charge in [0.25, 0.3) is 0 Å². The minimum absolute atomic E-state index is 0.0800. The molecule has 0 spiro atoms. The Labute approximate surface area is 239 Å². The summed E-state index contributed by atoms with van der Waals surface area (Å²) in [5, 5.41) is 0. The van der Waals surface area contributed by atoms with Crippen LogP contribution in [0.4, 0.5) is 9.59 Å². The number of esters is 2. The van der Waals surface area contributed by atoms with Crippen molar-refractivity contribution in [2.75, 3.05) is 45.3 Å². The van der Waals surface area contributed by atoms with Gasteiger partial charge in [-0.25, -0.2) is 9.59 Å². The highest BCUT2D eigenvalue weighted by molar-refractivity contribution is 6.18. The van der Waals surface area contributed by atoms with Gasteiger partial charge in [-0.15, -0.1) is 11.6 Å². The molecule has 0 aromatic rings. The van der Waals surface area contributed by atoms with Crippen LogP contribution in [0.15, 0.2) is 0 Å². The van der Waals surface area contributed by atoms with Crippen molar-refractivity contribution in [2.24, 2.45) is 11.3 Å². The van der Waals surface area contributed by atoms with Gasteiger partial charge in [0.05, 0.1) is 24.5 Å². The van der Waals surface area contributed by atoms with Gasteiger partial charge in [0.15, 0.2) is 0 Å². The summed E-state index contributed by atoms with van der Waals surface area (Å²) in [6, 6.07) is 0. The van der Waals surface area contributed by atoms with Crippen LogP contribution in [0.2, 0.25) is 0 Å². The molecular formula is C28H49ClN2O8. The molecule has 0 atom stereocenters. The Balaban J connectivity index is 0.000000395. The fourth-order valence-electron chi connectivity index (χ4n) is 4.35. The van der Waals surface area contributed by atoms with Gasteiger partial charge in [-0.3, -0.25) is 9.59 Å². The van der Waals surface area contributed by atoms with E-state index in [-0.39, 0.29) is 30.0 Å². The lowest BCUT2D eigenvalue weighted by molar-refractivity contribution is -0.158. The van der Waals surface area contributed by atoms with Crippen molar-refractivity contribution < 1.29 is 38.1 Å². The minimum atomic E-state index is -0.559. The summed E-state index contributed by atoms with van der Waals surface area (Å²) < 4.78 is 20.8. The molecule has 0 radical (unpaired) electrons. The van der Waals surface area contributed by atoms with E-state index >= 15 is 0 Å². The molecule has 0 unspecified atom stereocenters. The third-order valence-corrected chi connectivity index (χ3v) is 6.61. The van der Waals surface area contributed by atoms with Crippen molar-refractivity contribution in [3.63, 3.8) is 0 Å². The summed E-state index contributed by atoms with van der Waals surface area (Å²) >= 11 is 5.84. The molecule has 226 valence electrons. The van der Waals surface area contributed by atoms with Crippen molar-refractivity contribution in [2.45, 2.75) is 98.7 Å². The molecular weight excluding hydrogens is 528 g/mol. The Morgan fingerprint density at radius 3 is 1.59 bits per heavy atom. The lowest BCUT2D eigenvalue weighted by atomic mass is 9.76. The van der Waals surface area contributed by atoms with E-state index in [0.29, 0.717) is 77.4 Å². The van der Waals surface area contributed by atoms with Crippen LogP contribution in [0.5, 0.6) is 0 Å². The zero-order valence-electron chi connectivity index (χ0n) is 25.1. The summed E-state index contributed by atoms with van der Waals surface area (Å²) in [7, 11) is 0. The summed E-state index contributed by atoms with van der Waals surface area (Å²) in [5.74, 6) is -0.0231. The van der Waals surface area contributed by atoms with Crippen molar-refractivity contribution in [3.05, 3.63) is 0 Å². The van der Waals surface area contributed by atoms with Crippen LogP contribution in [0.1, 0.15) is 87.5 Å². The quantitative estimate of drug-likeness (QED) is 0.235. The van der Waals surface area contributed by atoms with Crippen LogP contribution in [0.3, 0.4) is 0 Å². The highest BCUT2D eigenvalue weighted by Crippen LogP contribution is 2.37. The average Bonchev–Trinajstić information content (AvgIpc) is 2.83. The molecule has 0 aromatic carbocycles. The molecule has 10 nitrogen and oxygen atoms in total. The van der Waals surface area contributed by atoms with Crippen molar-refractivity contribution in [1.29, 1.82) is 0 Å². The summed E-state index contributed by atoms with van der Waals surface area (Å²) in [4.78, 5) is 50.9. The Morgan fingerprint density at radius 1 is 0.769 bits per heavy atom. The maximum Gasteiger partial charge on any atom is 0.410 e. The van der Waals surface area contributed by atoms with Gasteiger partial charge in [0.1, 0.15) is 11.2 Å². The number of hydrogen-bond donors (Lipinski definition) is 0. The predicted molar refractivity (Wildman–Crippen MR) is 149 cm³/mol. The number of ether oxygens (including phenoxy) is 4. The van der Waals surface area contributed by atoms with Crippen molar-refractivity contribution in [3.8, 4) is 0 Å². The fraction of sp³-hybridized carbons (Fsp3) is 0.857.